The number of likely N-dealkylation sites (tertiary alicyclic amines) is 1. The highest BCUT2D eigenvalue weighted by molar-refractivity contribution is 6.29. The zero-order valence-corrected chi connectivity index (χ0v) is 14.6. The van der Waals surface area contributed by atoms with E-state index in [1.54, 1.807) is 12.3 Å². The molecule has 2 atom stereocenters. The number of rotatable bonds is 4. The second-order valence-corrected chi connectivity index (χ2v) is 7.11. The smallest absolute Gasteiger partial charge is 0.223 e. The molecular formula is C18H19ClN5O+. The minimum Gasteiger partial charge on any atom is -0.334 e. The molecule has 25 heavy (non-hydrogen) atoms. The minimum absolute atomic E-state index is 0.0113. The third kappa shape index (κ3) is 2.71. The van der Waals surface area contributed by atoms with E-state index >= 15 is 0 Å². The van der Waals surface area contributed by atoms with Crippen LogP contribution in [0.5, 0.6) is 0 Å². The molecule has 2 aliphatic rings. The molecule has 2 aromatic rings. The fraction of sp³-hybridized carbons (Fsp3) is 0.333. The number of nitrogens with one attached hydrogen (secondary N) is 1. The van der Waals surface area contributed by atoms with Crippen LogP contribution in [-0.4, -0.2) is 45.6 Å². The first kappa shape index (κ1) is 16.2. The lowest BCUT2D eigenvalue weighted by Gasteiger charge is -2.18. The Balaban J connectivity index is 1.56. The molecule has 4 rings (SSSR count). The molecule has 128 valence electrons. The predicted molar refractivity (Wildman–Crippen MR) is 96.4 cm³/mol. The van der Waals surface area contributed by atoms with Gasteiger partial charge in [0.2, 0.25) is 5.91 Å². The van der Waals surface area contributed by atoms with Gasteiger partial charge in [-0.1, -0.05) is 11.6 Å². The molecule has 1 aliphatic carbocycles. The normalized spacial score (nSPS) is 25.8. The number of carbonyl (C=O) groups is 1. The lowest BCUT2D eigenvalue weighted by atomic mass is 10.1. The Morgan fingerprint density at radius 1 is 1.48 bits per heavy atom. The SMILES string of the molecule is CN1C(=O)CCC12CC2[NH2+]/C=C(\C=N)c1cnc2ccc(Cl)nc2c1. The fourth-order valence-corrected chi connectivity index (χ4v) is 3.89. The number of halogens is 1. The quantitative estimate of drug-likeness (QED) is 0.644. The van der Waals surface area contributed by atoms with Crippen molar-refractivity contribution in [2.75, 3.05) is 7.05 Å². The van der Waals surface area contributed by atoms with Gasteiger partial charge in [0.15, 0.2) is 0 Å². The van der Waals surface area contributed by atoms with Crippen molar-refractivity contribution in [1.82, 2.24) is 14.9 Å². The van der Waals surface area contributed by atoms with Gasteiger partial charge in [0.25, 0.3) is 0 Å². The molecule has 0 radical (unpaired) electrons. The molecule has 1 spiro atoms. The average Bonchev–Trinajstić information content (AvgIpc) is 3.26. The Morgan fingerprint density at radius 3 is 3.04 bits per heavy atom. The Kier molecular flexibility index (Phi) is 3.81. The van der Waals surface area contributed by atoms with Crippen LogP contribution in [0.1, 0.15) is 24.8 Å². The summed E-state index contributed by atoms with van der Waals surface area (Å²) in [6.45, 7) is 0. The summed E-state index contributed by atoms with van der Waals surface area (Å²) >= 11 is 5.95. The van der Waals surface area contributed by atoms with Crippen LogP contribution in [0.4, 0.5) is 0 Å². The molecule has 2 fully saturated rings. The monoisotopic (exact) mass is 356 g/mol. The molecule has 6 nitrogen and oxygen atoms in total. The van der Waals surface area contributed by atoms with E-state index in [1.165, 1.54) is 6.21 Å². The van der Waals surface area contributed by atoms with Crippen molar-refractivity contribution in [3.05, 3.63) is 41.3 Å². The maximum absolute atomic E-state index is 11.8. The highest BCUT2D eigenvalue weighted by Crippen LogP contribution is 2.47. The number of fused-ring (bicyclic) bond motifs is 1. The molecule has 0 bridgehead atoms. The maximum Gasteiger partial charge on any atom is 0.223 e. The molecule has 3 heterocycles. The van der Waals surface area contributed by atoms with E-state index in [9.17, 15) is 4.79 Å². The summed E-state index contributed by atoms with van der Waals surface area (Å²) in [5.74, 6) is 0.230. The van der Waals surface area contributed by atoms with Crippen LogP contribution in [0.2, 0.25) is 5.15 Å². The first-order valence-electron chi connectivity index (χ1n) is 8.28. The van der Waals surface area contributed by atoms with Crippen LogP contribution in [-0.2, 0) is 4.79 Å². The molecule has 0 aromatic carbocycles. The Labute approximate surface area is 150 Å². The molecule has 1 saturated heterocycles. The number of amides is 1. The summed E-state index contributed by atoms with van der Waals surface area (Å²) in [7, 11) is 1.90. The average molecular weight is 357 g/mol. The number of allylic oxidation sites excluding steroid dienone is 1. The van der Waals surface area contributed by atoms with E-state index in [-0.39, 0.29) is 11.4 Å². The minimum atomic E-state index is 0.0113. The molecule has 7 heteroatoms. The van der Waals surface area contributed by atoms with Crippen molar-refractivity contribution in [1.29, 1.82) is 5.41 Å². The van der Waals surface area contributed by atoms with Gasteiger partial charge in [-0.25, -0.2) is 4.98 Å². The summed E-state index contributed by atoms with van der Waals surface area (Å²) < 4.78 is 0. The first-order valence-corrected chi connectivity index (χ1v) is 8.66. The van der Waals surface area contributed by atoms with E-state index in [2.05, 4.69) is 15.3 Å². The number of nitrogens with zero attached hydrogens (tertiary/aromatic N) is 3. The van der Waals surface area contributed by atoms with Crippen molar-refractivity contribution >= 4 is 40.3 Å². The summed E-state index contributed by atoms with van der Waals surface area (Å²) in [6, 6.07) is 5.80. The van der Waals surface area contributed by atoms with E-state index in [1.807, 2.05) is 30.3 Å². The second-order valence-electron chi connectivity index (χ2n) is 6.72. The van der Waals surface area contributed by atoms with Crippen molar-refractivity contribution in [2.24, 2.45) is 0 Å². The number of pyridine rings is 2. The number of hydrogen-bond donors (Lipinski definition) is 2. The largest absolute Gasteiger partial charge is 0.334 e. The number of nitrogens with two attached hydrogens (primary N) is 1. The maximum atomic E-state index is 11.8. The van der Waals surface area contributed by atoms with Crippen LogP contribution in [0.25, 0.3) is 16.6 Å². The molecule has 1 aliphatic heterocycles. The number of likely N-dealkylation sites (N-methyl/N-ethyl adjacent to an activating group) is 1. The van der Waals surface area contributed by atoms with Gasteiger partial charge in [-0.05, 0) is 24.6 Å². The van der Waals surface area contributed by atoms with Gasteiger partial charge in [-0.2, -0.15) is 0 Å². The van der Waals surface area contributed by atoms with Crippen molar-refractivity contribution in [3.8, 4) is 0 Å². The van der Waals surface area contributed by atoms with Crippen molar-refractivity contribution in [2.45, 2.75) is 30.8 Å². The Bertz CT molecular complexity index is 911. The second kappa shape index (κ2) is 5.89. The highest BCUT2D eigenvalue weighted by Gasteiger charge is 2.64. The molecule has 2 unspecified atom stereocenters. The molecule has 2 aromatic heterocycles. The number of carbonyl (C=O) groups excluding carboxylic acids is 1. The van der Waals surface area contributed by atoms with Gasteiger partial charge in [-0.15, -0.1) is 0 Å². The number of aromatic nitrogens is 2. The zero-order valence-electron chi connectivity index (χ0n) is 13.9. The fourth-order valence-electron chi connectivity index (χ4n) is 3.74. The summed E-state index contributed by atoms with van der Waals surface area (Å²) in [5, 5.41) is 10.3. The standard InChI is InChI=1S/C18H18ClN5O/c1-24-17(25)4-5-18(24)7-15(18)22-10-12(8-20)11-6-14-13(21-9-11)2-3-16(19)23-14/h2-3,6,8-10,15,20,22H,4-5,7H2,1H3/p+1/b12-10+,20-8?. The van der Waals surface area contributed by atoms with E-state index < -0.39 is 0 Å². The third-order valence-corrected chi connectivity index (χ3v) is 5.63. The molecule has 1 amide bonds. The topological polar surface area (TPSA) is 86.5 Å². The van der Waals surface area contributed by atoms with E-state index in [0.29, 0.717) is 23.1 Å². The number of quaternary nitrogens is 1. The lowest BCUT2D eigenvalue weighted by molar-refractivity contribution is -0.606. The molecular weight excluding hydrogens is 338 g/mol. The van der Waals surface area contributed by atoms with Gasteiger partial charge >= 0.3 is 0 Å². The number of hydrogen-bond acceptors (Lipinski definition) is 4. The highest BCUT2D eigenvalue weighted by atomic mass is 35.5. The van der Waals surface area contributed by atoms with Crippen molar-refractivity contribution < 1.29 is 10.1 Å². The van der Waals surface area contributed by atoms with Crippen LogP contribution in [0.15, 0.2) is 30.6 Å². The lowest BCUT2D eigenvalue weighted by Crippen LogP contribution is -2.82. The molecule has 3 N–H and O–H groups in total. The summed E-state index contributed by atoms with van der Waals surface area (Å²) in [6.07, 6.45) is 7.60. The van der Waals surface area contributed by atoms with Gasteiger partial charge in [0.05, 0.1) is 16.6 Å². The Hall–Kier alpha value is -2.31. The van der Waals surface area contributed by atoms with Crippen molar-refractivity contribution in [3.63, 3.8) is 0 Å². The predicted octanol–water partition coefficient (Wildman–Crippen LogP) is 1.60. The zero-order chi connectivity index (χ0) is 17.6. The van der Waals surface area contributed by atoms with Crippen LogP contribution >= 0.6 is 11.6 Å². The summed E-state index contributed by atoms with van der Waals surface area (Å²) in [5.41, 5.74) is 3.09. The van der Waals surface area contributed by atoms with Gasteiger partial charge in [0, 0.05) is 37.9 Å². The van der Waals surface area contributed by atoms with Gasteiger partial charge in [-0.3, -0.25) is 9.78 Å². The van der Waals surface area contributed by atoms with Crippen LogP contribution < -0.4 is 5.32 Å². The first-order chi connectivity index (χ1) is 12.0. The van der Waals surface area contributed by atoms with Crippen LogP contribution in [0, 0.1) is 5.41 Å². The third-order valence-electron chi connectivity index (χ3n) is 5.42. The van der Waals surface area contributed by atoms with E-state index in [0.717, 1.165) is 29.5 Å². The molecule has 1 saturated carbocycles. The summed E-state index contributed by atoms with van der Waals surface area (Å²) in [4.78, 5) is 22.4. The van der Waals surface area contributed by atoms with Crippen LogP contribution in [0.3, 0.4) is 0 Å². The Morgan fingerprint density at radius 2 is 2.32 bits per heavy atom. The van der Waals surface area contributed by atoms with Gasteiger partial charge < -0.3 is 15.6 Å². The van der Waals surface area contributed by atoms with Gasteiger partial charge in [0.1, 0.15) is 22.9 Å². The van der Waals surface area contributed by atoms with E-state index in [4.69, 9.17) is 17.0 Å².